The Balaban J connectivity index is 3.32. The summed E-state index contributed by atoms with van der Waals surface area (Å²) >= 11 is 0. The Morgan fingerprint density at radius 3 is 2.43 bits per heavy atom. The highest BCUT2D eigenvalue weighted by Crippen LogP contribution is 2.26. The largest absolute Gasteiger partial charge is 0.384 e. The summed E-state index contributed by atoms with van der Waals surface area (Å²) in [6.07, 6.45) is 1.64. The summed E-state index contributed by atoms with van der Waals surface area (Å²) in [5.74, 6) is -0.724. The zero-order chi connectivity index (χ0) is 15.7. The van der Waals surface area contributed by atoms with E-state index in [2.05, 4.69) is 0 Å². The number of methoxy groups -OCH3 is 2. The quantitative estimate of drug-likeness (QED) is 0.322. The molecule has 114 valence electrons. The molecular formula is C16H21NO4. The zero-order valence-corrected chi connectivity index (χ0v) is 12.4. The van der Waals surface area contributed by atoms with Crippen LogP contribution < -0.4 is 5.73 Å². The molecule has 21 heavy (non-hydrogen) atoms. The fourth-order valence-electron chi connectivity index (χ4n) is 2.14. The minimum absolute atomic E-state index is 0.00285. The monoisotopic (exact) mass is 291 g/mol. The number of amides is 1. The van der Waals surface area contributed by atoms with Crippen molar-refractivity contribution in [3.05, 3.63) is 41.0 Å². The van der Waals surface area contributed by atoms with Crippen molar-refractivity contribution in [2.45, 2.75) is 12.8 Å². The maximum atomic E-state index is 11.5. The van der Waals surface area contributed by atoms with Crippen molar-refractivity contribution in [2.24, 2.45) is 5.73 Å². The Bertz CT molecular complexity index is 523. The molecule has 0 saturated carbocycles. The topological polar surface area (TPSA) is 78.6 Å². The van der Waals surface area contributed by atoms with Crippen molar-refractivity contribution in [3.63, 3.8) is 0 Å². The Morgan fingerprint density at radius 2 is 1.86 bits per heavy atom. The van der Waals surface area contributed by atoms with Gasteiger partial charge in [-0.3, -0.25) is 9.59 Å². The van der Waals surface area contributed by atoms with Crippen LogP contribution in [0.1, 0.15) is 17.5 Å². The molecule has 0 radical (unpaired) electrons. The van der Waals surface area contributed by atoms with E-state index < -0.39 is 5.91 Å². The van der Waals surface area contributed by atoms with E-state index in [1.54, 1.807) is 14.2 Å². The van der Waals surface area contributed by atoms with E-state index >= 15 is 0 Å². The lowest BCUT2D eigenvalue weighted by Gasteiger charge is -2.14. The summed E-state index contributed by atoms with van der Waals surface area (Å²) in [4.78, 5) is 22.7. The predicted octanol–water partition coefficient (Wildman–Crippen LogP) is 1.35. The fraction of sp³-hybridized carbons (Fsp3) is 0.375. The summed E-state index contributed by atoms with van der Waals surface area (Å²) in [6.45, 7) is 0.958. The van der Waals surface area contributed by atoms with Gasteiger partial charge in [-0.15, -0.1) is 0 Å². The van der Waals surface area contributed by atoms with E-state index in [0.29, 0.717) is 37.9 Å². The van der Waals surface area contributed by atoms with Crippen LogP contribution in [0.4, 0.5) is 0 Å². The van der Waals surface area contributed by atoms with E-state index in [1.165, 1.54) is 0 Å². The van der Waals surface area contributed by atoms with Crippen LogP contribution in [0.15, 0.2) is 29.8 Å². The Labute approximate surface area is 124 Å². The van der Waals surface area contributed by atoms with Gasteiger partial charge in [-0.1, -0.05) is 24.3 Å². The number of aldehydes is 1. The molecule has 0 saturated heterocycles. The van der Waals surface area contributed by atoms with Gasteiger partial charge >= 0.3 is 0 Å². The third-order valence-electron chi connectivity index (χ3n) is 3.18. The third-order valence-corrected chi connectivity index (χ3v) is 3.18. The first-order valence-corrected chi connectivity index (χ1v) is 6.70. The molecule has 0 aromatic heterocycles. The molecule has 1 aromatic rings. The zero-order valence-electron chi connectivity index (χ0n) is 12.4. The minimum atomic E-state index is -0.724. The van der Waals surface area contributed by atoms with Gasteiger partial charge < -0.3 is 15.2 Å². The van der Waals surface area contributed by atoms with Crippen molar-refractivity contribution in [1.29, 1.82) is 0 Å². The lowest BCUT2D eigenvalue weighted by atomic mass is 9.92. The molecule has 1 aromatic carbocycles. The van der Waals surface area contributed by atoms with Gasteiger partial charge in [0.15, 0.2) is 6.29 Å². The molecule has 0 fully saturated rings. The molecule has 0 heterocycles. The van der Waals surface area contributed by atoms with Crippen molar-refractivity contribution in [3.8, 4) is 0 Å². The van der Waals surface area contributed by atoms with Gasteiger partial charge in [-0.25, -0.2) is 0 Å². The number of carbonyl (C=O) groups is 2. The molecule has 0 aliphatic rings. The molecule has 1 amide bonds. The molecule has 2 N–H and O–H groups in total. The van der Waals surface area contributed by atoms with Crippen LogP contribution in [0, 0.1) is 0 Å². The Kier molecular flexibility index (Phi) is 7.36. The van der Waals surface area contributed by atoms with E-state index in [9.17, 15) is 9.59 Å². The van der Waals surface area contributed by atoms with E-state index in [1.807, 2.05) is 24.3 Å². The van der Waals surface area contributed by atoms with Gasteiger partial charge in [0.2, 0.25) is 0 Å². The molecule has 5 nitrogen and oxygen atoms in total. The Hall–Kier alpha value is -1.98. The Morgan fingerprint density at radius 1 is 1.19 bits per heavy atom. The van der Waals surface area contributed by atoms with Gasteiger partial charge in [-0.05, 0) is 29.5 Å². The SMILES string of the molecule is COCCC(=C(C=O)C(N)=O)c1ccccc1CCOC. The van der Waals surface area contributed by atoms with E-state index in [-0.39, 0.29) is 5.57 Å². The highest BCUT2D eigenvalue weighted by molar-refractivity contribution is 6.16. The molecule has 1 rings (SSSR count). The maximum absolute atomic E-state index is 11.5. The highest BCUT2D eigenvalue weighted by Gasteiger charge is 2.16. The number of hydrogen-bond donors (Lipinski definition) is 1. The van der Waals surface area contributed by atoms with Crippen LogP contribution in [-0.4, -0.2) is 39.6 Å². The lowest BCUT2D eigenvalue weighted by Crippen LogP contribution is -2.17. The fourth-order valence-corrected chi connectivity index (χ4v) is 2.14. The summed E-state index contributed by atoms with van der Waals surface area (Å²) in [7, 11) is 3.20. The van der Waals surface area contributed by atoms with Gasteiger partial charge in [0.25, 0.3) is 5.91 Å². The molecular weight excluding hydrogens is 270 g/mol. The lowest BCUT2D eigenvalue weighted by molar-refractivity contribution is -0.116. The van der Waals surface area contributed by atoms with Crippen LogP contribution >= 0.6 is 0 Å². The number of ether oxygens (including phenoxy) is 2. The van der Waals surface area contributed by atoms with Crippen molar-refractivity contribution in [2.75, 3.05) is 27.4 Å². The molecule has 0 aliphatic heterocycles. The number of benzene rings is 1. The van der Waals surface area contributed by atoms with Crippen LogP contribution in [0.25, 0.3) is 5.57 Å². The first-order chi connectivity index (χ1) is 10.2. The maximum Gasteiger partial charge on any atom is 0.252 e. The number of hydrogen-bond acceptors (Lipinski definition) is 4. The first kappa shape index (κ1) is 17.1. The summed E-state index contributed by atoms with van der Waals surface area (Å²) in [5, 5.41) is 0. The number of carbonyl (C=O) groups excluding carboxylic acids is 2. The summed E-state index contributed by atoms with van der Waals surface area (Å²) in [5.41, 5.74) is 7.77. The van der Waals surface area contributed by atoms with Gasteiger partial charge in [0.05, 0.1) is 18.8 Å². The molecule has 5 heteroatoms. The average Bonchev–Trinajstić information content (AvgIpc) is 2.49. The molecule has 0 aliphatic carbocycles. The predicted molar refractivity (Wildman–Crippen MR) is 80.7 cm³/mol. The van der Waals surface area contributed by atoms with Crippen molar-refractivity contribution >= 4 is 17.8 Å². The number of primary amides is 1. The van der Waals surface area contributed by atoms with E-state index in [4.69, 9.17) is 15.2 Å². The van der Waals surface area contributed by atoms with Crippen LogP contribution in [0.2, 0.25) is 0 Å². The van der Waals surface area contributed by atoms with Crippen molar-refractivity contribution < 1.29 is 19.1 Å². The first-order valence-electron chi connectivity index (χ1n) is 6.70. The van der Waals surface area contributed by atoms with Gasteiger partial charge in [0, 0.05) is 14.2 Å². The normalized spacial score (nSPS) is 11.9. The number of nitrogens with two attached hydrogens (primary N) is 1. The highest BCUT2D eigenvalue weighted by atomic mass is 16.5. The van der Waals surface area contributed by atoms with Crippen LogP contribution in [-0.2, 0) is 25.5 Å². The molecule has 0 bridgehead atoms. The second-order valence-electron chi connectivity index (χ2n) is 4.52. The second kappa shape index (κ2) is 9.05. The smallest absolute Gasteiger partial charge is 0.252 e. The van der Waals surface area contributed by atoms with Gasteiger partial charge in [-0.2, -0.15) is 0 Å². The van der Waals surface area contributed by atoms with Gasteiger partial charge in [0.1, 0.15) is 0 Å². The number of rotatable bonds is 9. The van der Waals surface area contributed by atoms with E-state index in [0.717, 1.165) is 11.1 Å². The summed E-state index contributed by atoms with van der Waals surface area (Å²) < 4.78 is 10.2. The molecule has 0 unspecified atom stereocenters. The second-order valence-corrected chi connectivity index (χ2v) is 4.52. The summed E-state index contributed by atoms with van der Waals surface area (Å²) in [6, 6.07) is 7.60. The average molecular weight is 291 g/mol. The third kappa shape index (κ3) is 4.81. The van der Waals surface area contributed by atoms with Crippen molar-refractivity contribution in [1.82, 2.24) is 0 Å². The van der Waals surface area contributed by atoms with Crippen LogP contribution in [0.5, 0.6) is 0 Å². The molecule has 0 atom stereocenters. The standard InChI is InChI=1S/C16H21NO4/c1-20-9-7-12-5-3-4-6-13(12)14(8-10-21-2)15(11-18)16(17)19/h3-6,11H,7-10H2,1-2H3,(H2,17,19). The van der Waals surface area contributed by atoms with Crippen LogP contribution in [0.3, 0.4) is 0 Å². The molecule has 0 spiro atoms. The minimum Gasteiger partial charge on any atom is -0.384 e.